The number of hydrogen-bond donors (Lipinski definition) is 1. The van der Waals surface area contributed by atoms with E-state index in [1.54, 1.807) is 43.7 Å². The predicted molar refractivity (Wildman–Crippen MR) is 67.1 cm³/mol. The maximum Gasteiger partial charge on any atom is 0.270 e. The third-order valence-electron chi connectivity index (χ3n) is 2.50. The van der Waals surface area contributed by atoms with Crippen molar-refractivity contribution in [2.45, 2.75) is 6.54 Å². The van der Waals surface area contributed by atoms with Gasteiger partial charge in [-0.15, -0.1) is 0 Å². The first kappa shape index (κ1) is 12.0. The molecular weight excluding hydrogens is 230 g/mol. The molecule has 0 aliphatic rings. The van der Waals surface area contributed by atoms with E-state index in [1.807, 2.05) is 0 Å². The van der Waals surface area contributed by atoms with Gasteiger partial charge < -0.3 is 9.88 Å². The highest BCUT2D eigenvalue weighted by Crippen LogP contribution is 1.97. The molecule has 2 aromatic rings. The molecule has 0 spiro atoms. The van der Waals surface area contributed by atoms with Gasteiger partial charge in [-0.25, -0.2) is 0 Å². The molecule has 0 aliphatic heterocycles. The van der Waals surface area contributed by atoms with Gasteiger partial charge in [0.15, 0.2) is 0 Å². The van der Waals surface area contributed by atoms with Crippen LogP contribution in [0.2, 0.25) is 0 Å². The largest absolute Gasteiger partial charge is 0.347 e. The molecule has 5 heteroatoms. The summed E-state index contributed by atoms with van der Waals surface area (Å²) in [5.74, 6) is -0.232. The number of aromatic nitrogens is 2. The van der Waals surface area contributed by atoms with Crippen LogP contribution in [0.15, 0.2) is 47.5 Å². The van der Waals surface area contributed by atoms with Crippen LogP contribution in [0.1, 0.15) is 16.1 Å². The van der Waals surface area contributed by atoms with Crippen LogP contribution in [-0.4, -0.2) is 15.5 Å². The summed E-state index contributed by atoms with van der Waals surface area (Å²) in [5, 5.41) is 2.75. The lowest BCUT2D eigenvalue weighted by atomic mass is 10.2. The Morgan fingerprint density at radius 1 is 1.33 bits per heavy atom. The Labute approximate surface area is 104 Å². The van der Waals surface area contributed by atoms with Crippen molar-refractivity contribution in [2.75, 3.05) is 0 Å². The molecule has 0 fully saturated rings. The summed E-state index contributed by atoms with van der Waals surface area (Å²) < 4.78 is 1.47. The van der Waals surface area contributed by atoms with Gasteiger partial charge in [0.05, 0.1) is 0 Å². The maximum atomic E-state index is 11.7. The summed E-state index contributed by atoms with van der Waals surface area (Å²) in [6.45, 7) is 0.365. The van der Waals surface area contributed by atoms with Gasteiger partial charge in [-0.1, -0.05) is 12.1 Å². The van der Waals surface area contributed by atoms with Crippen LogP contribution in [0.4, 0.5) is 0 Å². The van der Waals surface area contributed by atoms with Crippen LogP contribution < -0.4 is 10.9 Å². The fourth-order valence-electron chi connectivity index (χ4n) is 1.53. The van der Waals surface area contributed by atoms with E-state index >= 15 is 0 Å². The Morgan fingerprint density at radius 3 is 2.83 bits per heavy atom. The van der Waals surface area contributed by atoms with Crippen LogP contribution in [0.3, 0.4) is 0 Å². The highest BCUT2D eigenvalue weighted by Gasteiger charge is 2.05. The van der Waals surface area contributed by atoms with E-state index in [4.69, 9.17) is 0 Å². The first-order valence-electron chi connectivity index (χ1n) is 5.51. The van der Waals surface area contributed by atoms with Crippen molar-refractivity contribution in [3.63, 3.8) is 0 Å². The molecule has 1 amide bonds. The van der Waals surface area contributed by atoms with E-state index < -0.39 is 0 Å². The SMILES string of the molecule is Cn1cc(CNC(=O)c2ccccn2)ccc1=O. The molecule has 0 unspecified atom stereocenters. The predicted octanol–water partition coefficient (Wildman–Crippen LogP) is 0.710. The summed E-state index contributed by atoms with van der Waals surface area (Å²) in [4.78, 5) is 26.9. The minimum atomic E-state index is -0.232. The zero-order valence-corrected chi connectivity index (χ0v) is 9.96. The molecule has 0 aromatic carbocycles. The molecule has 18 heavy (non-hydrogen) atoms. The number of aryl methyl sites for hydroxylation is 1. The van der Waals surface area contributed by atoms with Crippen molar-refractivity contribution < 1.29 is 4.79 Å². The second kappa shape index (κ2) is 5.27. The summed E-state index contributed by atoms with van der Waals surface area (Å²) in [6.07, 6.45) is 3.27. The van der Waals surface area contributed by atoms with Crippen LogP contribution in [0, 0.1) is 0 Å². The Balaban J connectivity index is 2.02. The van der Waals surface area contributed by atoms with Gasteiger partial charge in [0.25, 0.3) is 5.91 Å². The summed E-state index contributed by atoms with van der Waals surface area (Å²) in [7, 11) is 1.67. The summed E-state index contributed by atoms with van der Waals surface area (Å²) in [5.41, 5.74) is 1.17. The summed E-state index contributed by atoms with van der Waals surface area (Å²) in [6, 6.07) is 8.33. The van der Waals surface area contributed by atoms with E-state index in [2.05, 4.69) is 10.3 Å². The Morgan fingerprint density at radius 2 is 2.17 bits per heavy atom. The number of carbonyl (C=O) groups excluding carboxylic acids is 1. The summed E-state index contributed by atoms with van der Waals surface area (Å²) >= 11 is 0. The highest BCUT2D eigenvalue weighted by molar-refractivity contribution is 5.92. The first-order chi connectivity index (χ1) is 8.66. The van der Waals surface area contributed by atoms with Gasteiger partial charge >= 0.3 is 0 Å². The van der Waals surface area contributed by atoms with Crippen LogP contribution in [-0.2, 0) is 13.6 Å². The van der Waals surface area contributed by atoms with Crippen molar-refractivity contribution in [1.82, 2.24) is 14.9 Å². The topological polar surface area (TPSA) is 64.0 Å². The lowest BCUT2D eigenvalue weighted by Gasteiger charge is -2.05. The van der Waals surface area contributed by atoms with Crippen LogP contribution in [0.25, 0.3) is 0 Å². The molecule has 0 saturated carbocycles. The third-order valence-corrected chi connectivity index (χ3v) is 2.50. The van der Waals surface area contributed by atoms with Crippen molar-refractivity contribution in [2.24, 2.45) is 7.05 Å². The fourth-order valence-corrected chi connectivity index (χ4v) is 1.53. The minimum absolute atomic E-state index is 0.0743. The fraction of sp³-hybridized carbons (Fsp3) is 0.154. The second-order valence-corrected chi connectivity index (χ2v) is 3.88. The Bertz CT molecular complexity index is 605. The molecule has 0 bridgehead atoms. The van der Waals surface area contributed by atoms with Crippen LogP contribution >= 0.6 is 0 Å². The molecule has 0 aliphatic carbocycles. The molecule has 2 rings (SSSR count). The number of carbonyl (C=O) groups is 1. The molecule has 0 saturated heterocycles. The van der Waals surface area contributed by atoms with Gasteiger partial charge in [-0.05, 0) is 17.7 Å². The second-order valence-electron chi connectivity index (χ2n) is 3.88. The van der Waals surface area contributed by atoms with Crippen molar-refractivity contribution >= 4 is 5.91 Å². The smallest absolute Gasteiger partial charge is 0.270 e. The van der Waals surface area contributed by atoms with E-state index in [-0.39, 0.29) is 11.5 Å². The van der Waals surface area contributed by atoms with E-state index in [0.29, 0.717) is 12.2 Å². The standard InChI is InChI=1S/C13H13N3O2/c1-16-9-10(5-6-12(16)17)8-15-13(18)11-4-2-3-7-14-11/h2-7,9H,8H2,1H3,(H,15,18). The molecule has 0 radical (unpaired) electrons. The lowest BCUT2D eigenvalue weighted by molar-refractivity contribution is 0.0946. The molecule has 1 N–H and O–H groups in total. The molecule has 2 heterocycles. The quantitative estimate of drug-likeness (QED) is 0.863. The third kappa shape index (κ3) is 2.82. The molecule has 5 nitrogen and oxygen atoms in total. The Hall–Kier alpha value is -2.43. The minimum Gasteiger partial charge on any atom is -0.347 e. The first-order valence-corrected chi connectivity index (χ1v) is 5.51. The van der Waals surface area contributed by atoms with Crippen LogP contribution in [0.5, 0.6) is 0 Å². The zero-order chi connectivity index (χ0) is 13.0. The average Bonchev–Trinajstić information content (AvgIpc) is 2.41. The highest BCUT2D eigenvalue weighted by atomic mass is 16.2. The number of nitrogens with one attached hydrogen (secondary N) is 1. The zero-order valence-electron chi connectivity index (χ0n) is 9.96. The van der Waals surface area contributed by atoms with Gasteiger partial charge in [0.2, 0.25) is 5.56 Å². The number of amides is 1. The van der Waals surface area contributed by atoms with Crippen molar-refractivity contribution in [1.29, 1.82) is 0 Å². The molecule has 0 atom stereocenters. The normalized spacial score (nSPS) is 10.1. The number of hydrogen-bond acceptors (Lipinski definition) is 3. The van der Waals surface area contributed by atoms with E-state index in [1.165, 1.54) is 10.6 Å². The average molecular weight is 243 g/mol. The number of pyridine rings is 2. The van der Waals surface area contributed by atoms with Crippen molar-refractivity contribution in [3.8, 4) is 0 Å². The van der Waals surface area contributed by atoms with Gasteiger partial charge in [0.1, 0.15) is 5.69 Å². The Kier molecular flexibility index (Phi) is 3.52. The number of rotatable bonds is 3. The molecule has 2 aromatic heterocycles. The van der Waals surface area contributed by atoms with Gasteiger partial charge in [-0.2, -0.15) is 0 Å². The van der Waals surface area contributed by atoms with Gasteiger partial charge in [-0.3, -0.25) is 14.6 Å². The van der Waals surface area contributed by atoms with E-state index in [0.717, 1.165) is 5.56 Å². The molecule has 92 valence electrons. The maximum absolute atomic E-state index is 11.7. The van der Waals surface area contributed by atoms with Crippen molar-refractivity contribution in [3.05, 3.63) is 64.3 Å². The molecular formula is C13H13N3O2. The lowest BCUT2D eigenvalue weighted by Crippen LogP contribution is -2.25. The monoisotopic (exact) mass is 243 g/mol. The van der Waals surface area contributed by atoms with E-state index in [9.17, 15) is 9.59 Å². The number of nitrogens with zero attached hydrogens (tertiary/aromatic N) is 2. The van der Waals surface area contributed by atoms with Gasteiger partial charge in [0, 0.05) is 32.1 Å².